The van der Waals surface area contributed by atoms with Crippen molar-refractivity contribution in [2.24, 2.45) is 0 Å². The molecule has 0 aliphatic carbocycles. The summed E-state index contributed by atoms with van der Waals surface area (Å²) in [4.78, 5) is 0. The molecule has 0 unspecified atom stereocenters. The van der Waals surface area contributed by atoms with Crippen molar-refractivity contribution in [3.63, 3.8) is 0 Å². The smallest absolute Gasteiger partial charge is 0.0547 e. The predicted octanol–water partition coefficient (Wildman–Crippen LogP) is 9.69. The number of hydrogen-bond acceptors (Lipinski definition) is 0. The molecule has 0 bridgehead atoms. The second-order valence-electron chi connectivity index (χ2n) is 12.0. The fraction of sp³-hybridized carbons (Fsp3) is 0.235. The van der Waals surface area contributed by atoms with Gasteiger partial charge in [-0.05, 0) is 67.8 Å². The van der Waals surface area contributed by atoms with Gasteiger partial charge in [0.2, 0.25) is 0 Å². The highest BCUT2D eigenvalue weighted by Crippen LogP contribution is 2.41. The molecule has 0 radical (unpaired) electrons. The monoisotopic (exact) mass is 455 g/mol. The summed E-state index contributed by atoms with van der Waals surface area (Å²) in [5.41, 5.74) is 6.64. The van der Waals surface area contributed by atoms with Crippen LogP contribution in [0.2, 0.25) is 0 Å². The fourth-order valence-electron chi connectivity index (χ4n) is 5.43. The number of fused-ring (bicyclic) bond motifs is 7. The van der Waals surface area contributed by atoms with E-state index in [0.29, 0.717) is 0 Å². The molecule has 35 heavy (non-hydrogen) atoms. The maximum Gasteiger partial charge on any atom is 0.0547 e. The zero-order valence-corrected chi connectivity index (χ0v) is 21.6. The Morgan fingerprint density at radius 3 is 1.34 bits per heavy atom. The second kappa shape index (κ2) is 7.46. The maximum absolute atomic E-state index is 2.49. The minimum Gasteiger partial charge on any atom is -0.309 e. The Bertz CT molecular complexity index is 1620. The number of nitrogens with zero attached hydrogens (tertiary/aromatic N) is 1. The van der Waals surface area contributed by atoms with Crippen molar-refractivity contribution in [3.05, 3.63) is 102 Å². The molecule has 0 saturated heterocycles. The summed E-state index contributed by atoms with van der Waals surface area (Å²) in [6.07, 6.45) is 0. The van der Waals surface area contributed by atoms with Crippen LogP contribution < -0.4 is 0 Å². The third-order valence-electron chi connectivity index (χ3n) is 7.45. The van der Waals surface area contributed by atoms with E-state index in [4.69, 9.17) is 0 Å². The van der Waals surface area contributed by atoms with Crippen molar-refractivity contribution in [3.8, 4) is 5.69 Å². The fourth-order valence-corrected chi connectivity index (χ4v) is 5.43. The molecular weight excluding hydrogens is 422 g/mol. The summed E-state index contributed by atoms with van der Waals surface area (Å²) in [7, 11) is 0. The molecule has 1 nitrogen and oxygen atoms in total. The summed E-state index contributed by atoms with van der Waals surface area (Å²) in [5, 5.41) is 7.87. The Labute approximate surface area is 208 Å². The van der Waals surface area contributed by atoms with E-state index >= 15 is 0 Å². The van der Waals surface area contributed by atoms with E-state index < -0.39 is 0 Å². The lowest BCUT2D eigenvalue weighted by molar-refractivity contribution is 0.568. The molecule has 0 N–H and O–H groups in total. The molecule has 0 saturated carbocycles. The van der Waals surface area contributed by atoms with Gasteiger partial charge >= 0.3 is 0 Å². The average molecular weight is 456 g/mol. The van der Waals surface area contributed by atoms with Crippen LogP contribution in [0.3, 0.4) is 0 Å². The Morgan fingerprint density at radius 1 is 0.486 bits per heavy atom. The van der Waals surface area contributed by atoms with E-state index in [1.54, 1.807) is 0 Å². The third kappa shape index (κ3) is 3.45. The third-order valence-corrected chi connectivity index (χ3v) is 7.45. The highest BCUT2D eigenvalue weighted by Gasteiger charge is 2.23. The normalized spacial score (nSPS) is 12.9. The van der Waals surface area contributed by atoms with E-state index in [9.17, 15) is 0 Å². The number of rotatable bonds is 1. The number of benzene rings is 5. The van der Waals surface area contributed by atoms with Crippen molar-refractivity contribution in [1.82, 2.24) is 4.57 Å². The molecular formula is C34H33N. The van der Waals surface area contributed by atoms with Crippen LogP contribution in [0, 0.1) is 0 Å². The minimum atomic E-state index is 0.0637. The molecule has 0 spiro atoms. The van der Waals surface area contributed by atoms with E-state index in [-0.39, 0.29) is 10.8 Å². The Hall–Kier alpha value is -3.58. The van der Waals surface area contributed by atoms with E-state index in [2.05, 4.69) is 137 Å². The van der Waals surface area contributed by atoms with Crippen LogP contribution in [-0.2, 0) is 10.8 Å². The lowest BCUT2D eigenvalue weighted by atomic mass is 9.80. The van der Waals surface area contributed by atoms with Crippen molar-refractivity contribution < 1.29 is 0 Å². The van der Waals surface area contributed by atoms with Crippen LogP contribution in [0.4, 0.5) is 0 Å². The first-order valence-electron chi connectivity index (χ1n) is 12.6. The number of hydrogen-bond donors (Lipinski definition) is 0. The van der Waals surface area contributed by atoms with Crippen molar-refractivity contribution in [2.75, 3.05) is 0 Å². The molecule has 174 valence electrons. The lowest BCUT2D eigenvalue weighted by Gasteiger charge is -2.26. The second-order valence-corrected chi connectivity index (χ2v) is 12.0. The molecule has 6 aromatic rings. The van der Waals surface area contributed by atoms with E-state index in [1.165, 1.54) is 60.2 Å². The van der Waals surface area contributed by atoms with Crippen LogP contribution in [0.1, 0.15) is 52.7 Å². The van der Waals surface area contributed by atoms with Gasteiger partial charge in [-0.1, -0.05) is 108 Å². The van der Waals surface area contributed by atoms with Crippen molar-refractivity contribution in [2.45, 2.75) is 52.4 Å². The zero-order valence-electron chi connectivity index (χ0n) is 21.6. The first kappa shape index (κ1) is 21.9. The van der Waals surface area contributed by atoms with Gasteiger partial charge in [0.25, 0.3) is 0 Å². The largest absolute Gasteiger partial charge is 0.309 e. The Kier molecular flexibility index (Phi) is 4.67. The van der Waals surface area contributed by atoms with Crippen LogP contribution in [-0.4, -0.2) is 4.57 Å². The molecule has 1 aromatic heterocycles. The Balaban J connectivity index is 1.84. The zero-order chi connectivity index (χ0) is 24.5. The molecule has 6 rings (SSSR count). The first-order valence-corrected chi connectivity index (χ1v) is 12.6. The van der Waals surface area contributed by atoms with Crippen LogP contribution >= 0.6 is 0 Å². The Morgan fingerprint density at radius 2 is 0.914 bits per heavy atom. The average Bonchev–Trinajstić information content (AvgIpc) is 3.18. The predicted molar refractivity (Wildman–Crippen MR) is 153 cm³/mol. The van der Waals surface area contributed by atoms with Crippen LogP contribution in [0.15, 0.2) is 91.0 Å². The van der Waals surface area contributed by atoms with Gasteiger partial charge in [-0.25, -0.2) is 0 Å². The van der Waals surface area contributed by atoms with Crippen molar-refractivity contribution in [1.29, 1.82) is 0 Å². The van der Waals surface area contributed by atoms with Crippen LogP contribution in [0.5, 0.6) is 0 Å². The summed E-state index contributed by atoms with van der Waals surface area (Å²) in [6.45, 7) is 13.9. The summed E-state index contributed by atoms with van der Waals surface area (Å²) in [5.74, 6) is 0. The van der Waals surface area contributed by atoms with Gasteiger partial charge in [-0.2, -0.15) is 0 Å². The summed E-state index contributed by atoms with van der Waals surface area (Å²) < 4.78 is 2.49. The maximum atomic E-state index is 2.49. The minimum absolute atomic E-state index is 0.0637. The molecule has 0 aliphatic heterocycles. The number of aromatic nitrogens is 1. The molecule has 1 heteroatoms. The van der Waals surface area contributed by atoms with Gasteiger partial charge in [0.1, 0.15) is 0 Å². The van der Waals surface area contributed by atoms with Gasteiger partial charge in [-0.3, -0.25) is 0 Å². The van der Waals surface area contributed by atoms with Crippen LogP contribution in [0.25, 0.3) is 49.0 Å². The molecule has 0 amide bonds. The van der Waals surface area contributed by atoms with Gasteiger partial charge < -0.3 is 4.57 Å². The summed E-state index contributed by atoms with van der Waals surface area (Å²) >= 11 is 0. The molecule has 0 fully saturated rings. The topological polar surface area (TPSA) is 4.93 Å². The highest BCUT2D eigenvalue weighted by atomic mass is 15.0. The van der Waals surface area contributed by atoms with E-state index in [1.807, 2.05) is 0 Å². The summed E-state index contributed by atoms with van der Waals surface area (Å²) in [6, 6.07) is 34.0. The standard InChI is InChI=1S/C34H33N/c1-33(2,3)24-19-25(34(4,5)6)21-26(20-24)35-29-17-15-22-11-7-9-13-27(22)31(29)32-28-14-10-8-12-23(28)16-18-30(32)35/h7-21H,1-6H3. The van der Waals surface area contributed by atoms with E-state index in [0.717, 1.165) is 0 Å². The lowest BCUT2D eigenvalue weighted by Crippen LogP contribution is -2.17. The molecule has 0 atom stereocenters. The SMILES string of the molecule is CC(C)(C)c1cc(-n2c3ccc4ccccc4c3c3c4ccccc4ccc32)cc(C(C)(C)C)c1. The van der Waals surface area contributed by atoms with Gasteiger partial charge in [-0.15, -0.1) is 0 Å². The van der Waals surface area contributed by atoms with Gasteiger partial charge in [0.05, 0.1) is 11.0 Å². The highest BCUT2D eigenvalue weighted by molar-refractivity contribution is 6.28. The van der Waals surface area contributed by atoms with Gasteiger partial charge in [0.15, 0.2) is 0 Å². The van der Waals surface area contributed by atoms with Crippen molar-refractivity contribution >= 4 is 43.4 Å². The quantitative estimate of drug-likeness (QED) is 0.232. The first-order chi connectivity index (χ1) is 16.6. The molecule has 1 heterocycles. The molecule has 0 aliphatic rings. The van der Waals surface area contributed by atoms with Gasteiger partial charge in [0, 0.05) is 16.5 Å². The molecule has 5 aromatic carbocycles.